The number of carbonyl (C=O) groups is 1. The summed E-state index contributed by atoms with van der Waals surface area (Å²) in [4.78, 5) is 18.0. The summed E-state index contributed by atoms with van der Waals surface area (Å²) in [6.07, 6.45) is -0.336. The average Bonchev–Trinajstić information content (AvgIpc) is 2.46. The number of aromatic nitrogens is 1. The molecule has 2 rings (SSSR count). The molecular weight excluding hydrogens is 246 g/mol. The zero-order chi connectivity index (χ0) is 13.8. The highest BCUT2D eigenvalue weighted by Gasteiger charge is 2.25. The Balaban J connectivity index is 2.15. The molecule has 1 atom stereocenters. The first-order chi connectivity index (χ1) is 9.15. The molecule has 0 aromatic carbocycles. The molecule has 0 bridgehead atoms. The van der Waals surface area contributed by atoms with Gasteiger partial charge in [-0.2, -0.15) is 5.26 Å². The summed E-state index contributed by atoms with van der Waals surface area (Å²) < 4.78 is 5.30. The van der Waals surface area contributed by atoms with Crippen molar-refractivity contribution in [2.75, 3.05) is 26.3 Å². The Morgan fingerprint density at radius 2 is 2.47 bits per heavy atom. The van der Waals surface area contributed by atoms with Crippen LogP contribution in [0.4, 0.5) is 0 Å². The number of rotatable bonds is 2. The van der Waals surface area contributed by atoms with Crippen molar-refractivity contribution in [2.24, 2.45) is 0 Å². The quantitative estimate of drug-likeness (QED) is 0.815. The van der Waals surface area contributed by atoms with Crippen molar-refractivity contribution in [1.29, 1.82) is 5.26 Å². The molecule has 0 spiro atoms. The van der Waals surface area contributed by atoms with Crippen LogP contribution in [0.5, 0.6) is 0 Å². The van der Waals surface area contributed by atoms with Gasteiger partial charge in [0.15, 0.2) is 0 Å². The molecule has 1 aliphatic heterocycles. The molecule has 1 fully saturated rings. The van der Waals surface area contributed by atoms with Gasteiger partial charge in [-0.15, -0.1) is 0 Å². The molecule has 1 aliphatic rings. The Kier molecular flexibility index (Phi) is 4.10. The van der Waals surface area contributed by atoms with Gasteiger partial charge >= 0.3 is 0 Å². The number of aliphatic hydroxyl groups excluding tert-OH is 1. The Bertz CT molecular complexity index is 524. The zero-order valence-corrected chi connectivity index (χ0v) is 10.7. The van der Waals surface area contributed by atoms with Crippen LogP contribution in [0.25, 0.3) is 0 Å². The summed E-state index contributed by atoms with van der Waals surface area (Å²) in [5.41, 5.74) is 1.32. The molecule has 0 saturated carbocycles. The first kappa shape index (κ1) is 13.5. The van der Waals surface area contributed by atoms with Crippen LogP contribution in [-0.2, 0) is 4.74 Å². The third-order valence-electron chi connectivity index (χ3n) is 3.06. The van der Waals surface area contributed by atoms with Gasteiger partial charge in [-0.05, 0) is 19.1 Å². The largest absolute Gasteiger partial charge is 0.394 e. The van der Waals surface area contributed by atoms with E-state index in [2.05, 4.69) is 4.98 Å². The summed E-state index contributed by atoms with van der Waals surface area (Å²) >= 11 is 0. The third kappa shape index (κ3) is 2.89. The lowest BCUT2D eigenvalue weighted by molar-refractivity contribution is -0.0448. The third-order valence-corrected chi connectivity index (χ3v) is 3.06. The number of hydrogen-bond acceptors (Lipinski definition) is 5. The van der Waals surface area contributed by atoms with Gasteiger partial charge in [0.1, 0.15) is 11.8 Å². The van der Waals surface area contributed by atoms with E-state index in [1.54, 1.807) is 24.0 Å². The van der Waals surface area contributed by atoms with E-state index in [0.717, 1.165) is 0 Å². The lowest BCUT2D eigenvalue weighted by Crippen LogP contribution is -2.47. The van der Waals surface area contributed by atoms with Gasteiger partial charge in [0.25, 0.3) is 5.91 Å². The molecule has 1 unspecified atom stereocenters. The van der Waals surface area contributed by atoms with Gasteiger partial charge in [-0.3, -0.25) is 4.79 Å². The van der Waals surface area contributed by atoms with Crippen LogP contribution < -0.4 is 0 Å². The van der Waals surface area contributed by atoms with Gasteiger partial charge in [0.05, 0.1) is 30.6 Å². The minimum atomic E-state index is -0.336. The SMILES string of the molecule is Cc1nc(C(=O)N2CCOC(CO)C2)ccc1C#N. The van der Waals surface area contributed by atoms with Crippen LogP contribution in [0, 0.1) is 18.3 Å². The smallest absolute Gasteiger partial charge is 0.272 e. The van der Waals surface area contributed by atoms with Crippen molar-refractivity contribution < 1.29 is 14.6 Å². The molecule has 1 N–H and O–H groups in total. The molecule has 6 nitrogen and oxygen atoms in total. The van der Waals surface area contributed by atoms with Crippen molar-refractivity contribution >= 4 is 5.91 Å². The van der Waals surface area contributed by atoms with Crippen LogP contribution in [0.3, 0.4) is 0 Å². The van der Waals surface area contributed by atoms with Gasteiger partial charge in [0, 0.05) is 13.1 Å². The number of pyridine rings is 1. The number of hydrogen-bond donors (Lipinski definition) is 1. The summed E-state index contributed by atoms with van der Waals surface area (Å²) in [5.74, 6) is -0.200. The van der Waals surface area contributed by atoms with Crippen molar-refractivity contribution in [3.05, 3.63) is 29.1 Å². The van der Waals surface area contributed by atoms with E-state index in [1.807, 2.05) is 6.07 Å². The maximum absolute atomic E-state index is 12.3. The average molecular weight is 261 g/mol. The Morgan fingerprint density at radius 3 is 3.11 bits per heavy atom. The molecule has 1 amide bonds. The first-order valence-electron chi connectivity index (χ1n) is 6.05. The Hall–Kier alpha value is -1.97. The van der Waals surface area contributed by atoms with Crippen LogP contribution >= 0.6 is 0 Å². The fraction of sp³-hybridized carbons (Fsp3) is 0.462. The molecular formula is C13H15N3O3. The second-order valence-corrected chi connectivity index (χ2v) is 4.37. The first-order valence-corrected chi connectivity index (χ1v) is 6.05. The summed E-state index contributed by atoms with van der Waals surface area (Å²) in [7, 11) is 0. The lowest BCUT2D eigenvalue weighted by atomic mass is 10.2. The fourth-order valence-corrected chi connectivity index (χ4v) is 1.97. The van der Waals surface area contributed by atoms with E-state index in [9.17, 15) is 4.79 Å². The second-order valence-electron chi connectivity index (χ2n) is 4.37. The highest BCUT2D eigenvalue weighted by atomic mass is 16.5. The van der Waals surface area contributed by atoms with E-state index < -0.39 is 0 Å². The summed E-state index contributed by atoms with van der Waals surface area (Å²) in [6, 6.07) is 5.17. The highest BCUT2D eigenvalue weighted by molar-refractivity contribution is 5.92. The molecule has 0 aliphatic carbocycles. The topological polar surface area (TPSA) is 86.5 Å². The van der Waals surface area contributed by atoms with Gasteiger partial charge < -0.3 is 14.7 Å². The molecule has 0 radical (unpaired) electrons. The van der Waals surface area contributed by atoms with E-state index in [-0.39, 0.29) is 18.6 Å². The molecule has 19 heavy (non-hydrogen) atoms. The summed E-state index contributed by atoms with van der Waals surface area (Å²) in [6.45, 7) is 2.84. The predicted molar refractivity (Wildman–Crippen MR) is 66.4 cm³/mol. The Labute approximate surface area is 111 Å². The van der Waals surface area contributed by atoms with Crippen LogP contribution in [0.1, 0.15) is 21.7 Å². The number of nitriles is 1. The minimum Gasteiger partial charge on any atom is -0.394 e. The molecule has 1 aromatic rings. The predicted octanol–water partition coefficient (Wildman–Crippen LogP) is 0.0950. The van der Waals surface area contributed by atoms with E-state index >= 15 is 0 Å². The molecule has 6 heteroatoms. The second kappa shape index (κ2) is 5.78. The maximum Gasteiger partial charge on any atom is 0.272 e. The van der Waals surface area contributed by atoms with Crippen LogP contribution in [0.2, 0.25) is 0 Å². The van der Waals surface area contributed by atoms with Gasteiger partial charge in [0.2, 0.25) is 0 Å². The van der Waals surface area contributed by atoms with Crippen molar-refractivity contribution in [1.82, 2.24) is 9.88 Å². The van der Waals surface area contributed by atoms with E-state index in [0.29, 0.717) is 36.6 Å². The summed E-state index contributed by atoms with van der Waals surface area (Å²) in [5, 5.41) is 17.9. The van der Waals surface area contributed by atoms with E-state index in [4.69, 9.17) is 15.1 Å². The van der Waals surface area contributed by atoms with Crippen molar-refractivity contribution in [3.8, 4) is 6.07 Å². The van der Waals surface area contributed by atoms with Crippen molar-refractivity contribution in [3.63, 3.8) is 0 Å². The van der Waals surface area contributed by atoms with Gasteiger partial charge in [-0.1, -0.05) is 0 Å². The number of ether oxygens (including phenoxy) is 1. The van der Waals surface area contributed by atoms with Gasteiger partial charge in [-0.25, -0.2) is 4.98 Å². The molecule has 1 saturated heterocycles. The molecule has 100 valence electrons. The number of morpholine rings is 1. The lowest BCUT2D eigenvalue weighted by Gasteiger charge is -2.31. The number of aliphatic hydroxyl groups is 1. The highest BCUT2D eigenvalue weighted by Crippen LogP contribution is 2.11. The normalized spacial score (nSPS) is 19.0. The number of aryl methyl sites for hydroxylation is 1. The van der Waals surface area contributed by atoms with Crippen molar-refractivity contribution in [2.45, 2.75) is 13.0 Å². The Morgan fingerprint density at radius 1 is 1.68 bits per heavy atom. The van der Waals surface area contributed by atoms with E-state index in [1.165, 1.54) is 0 Å². The van der Waals surface area contributed by atoms with Crippen LogP contribution in [-0.4, -0.2) is 53.3 Å². The number of nitrogens with zero attached hydrogens (tertiary/aromatic N) is 3. The fourth-order valence-electron chi connectivity index (χ4n) is 1.97. The maximum atomic E-state index is 12.3. The standard InChI is InChI=1S/C13H15N3O3/c1-9-10(6-14)2-3-12(15-9)13(18)16-4-5-19-11(7-16)8-17/h2-3,11,17H,4-5,7-8H2,1H3. The zero-order valence-electron chi connectivity index (χ0n) is 10.7. The minimum absolute atomic E-state index is 0.108. The monoisotopic (exact) mass is 261 g/mol. The molecule has 1 aromatic heterocycles. The number of carbonyl (C=O) groups excluding carboxylic acids is 1. The number of amides is 1. The van der Waals surface area contributed by atoms with Crippen LogP contribution in [0.15, 0.2) is 12.1 Å². The molecule has 2 heterocycles.